The van der Waals surface area contributed by atoms with Gasteiger partial charge in [-0.1, -0.05) is 0 Å². The minimum Gasteiger partial charge on any atom is -0.473 e. The van der Waals surface area contributed by atoms with Crippen molar-refractivity contribution in [2.75, 3.05) is 18.0 Å². The summed E-state index contributed by atoms with van der Waals surface area (Å²) in [5.41, 5.74) is 1.64. The Bertz CT molecular complexity index is 656. The fourth-order valence-corrected chi connectivity index (χ4v) is 2.58. The third-order valence-electron chi connectivity index (χ3n) is 3.79. The maximum atomic E-state index is 13.8. The van der Waals surface area contributed by atoms with E-state index in [0.29, 0.717) is 11.7 Å². The summed E-state index contributed by atoms with van der Waals surface area (Å²) >= 11 is 0. The molecule has 3 rings (SSSR count). The van der Waals surface area contributed by atoms with Gasteiger partial charge in [-0.05, 0) is 26.0 Å². The van der Waals surface area contributed by atoms with E-state index in [4.69, 9.17) is 4.74 Å². The van der Waals surface area contributed by atoms with Crippen LogP contribution < -0.4 is 9.64 Å². The van der Waals surface area contributed by atoms with Crippen LogP contribution in [0.1, 0.15) is 24.2 Å². The predicted octanol–water partition coefficient (Wildman–Crippen LogP) is 2.68. The summed E-state index contributed by atoms with van der Waals surface area (Å²) in [5.74, 6) is 0.747. The molecule has 0 spiro atoms. The van der Waals surface area contributed by atoms with Crippen LogP contribution in [-0.4, -0.2) is 34.1 Å². The Kier molecular flexibility index (Phi) is 4.18. The summed E-state index contributed by atoms with van der Waals surface area (Å²) in [6.45, 7) is 5.22. The van der Waals surface area contributed by atoms with Crippen molar-refractivity contribution in [2.24, 2.45) is 0 Å². The van der Waals surface area contributed by atoms with Crippen molar-refractivity contribution in [3.05, 3.63) is 41.7 Å². The van der Waals surface area contributed by atoms with Gasteiger partial charge < -0.3 is 9.64 Å². The first-order chi connectivity index (χ1) is 10.6. The number of anilines is 1. The number of piperidine rings is 1. The van der Waals surface area contributed by atoms with E-state index < -0.39 is 0 Å². The number of nitrogens with zero attached hydrogens (tertiary/aromatic N) is 4. The van der Waals surface area contributed by atoms with E-state index in [1.54, 1.807) is 18.5 Å². The zero-order chi connectivity index (χ0) is 15.5. The average molecular weight is 302 g/mol. The molecule has 0 saturated carbocycles. The van der Waals surface area contributed by atoms with Gasteiger partial charge in [0.1, 0.15) is 6.10 Å². The molecule has 0 radical (unpaired) electrons. The highest BCUT2D eigenvalue weighted by molar-refractivity contribution is 5.40. The molecule has 22 heavy (non-hydrogen) atoms. The first-order valence-corrected chi connectivity index (χ1v) is 7.46. The van der Waals surface area contributed by atoms with Crippen molar-refractivity contribution in [1.82, 2.24) is 15.0 Å². The molecule has 1 fully saturated rings. The van der Waals surface area contributed by atoms with Crippen LogP contribution in [0, 0.1) is 19.7 Å². The van der Waals surface area contributed by atoms with E-state index in [1.165, 1.54) is 6.07 Å². The Morgan fingerprint density at radius 1 is 1.23 bits per heavy atom. The second-order valence-corrected chi connectivity index (χ2v) is 5.52. The largest absolute Gasteiger partial charge is 0.473 e. The number of hydrogen-bond donors (Lipinski definition) is 0. The van der Waals surface area contributed by atoms with Crippen molar-refractivity contribution in [1.29, 1.82) is 0 Å². The Morgan fingerprint density at radius 2 is 2.00 bits per heavy atom. The van der Waals surface area contributed by atoms with Gasteiger partial charge in [-0.25, -0.2) is 14.4 Å². The second kappa shape index (κ2) is 6.25. The van der Waals surface area contributed by atoms with Gasteiger partial charge in [0, 0.05) is 38.3 Å². The molecule has 2 aromatic heterocycles. The standard InChI is InChI=1S/C16H19FN4O/c1-11-10-19-12(2)16(20-11)22-13-5-8-21(9-6-13)15-14(17)4-3-7-18-15/h3-4,7,10,13H,5-6,8-9H2,1-2H3. The maximum Gasteiger partial charge on any atom is 0.235 e. The topological polar surface area (TPSA) is 51.1 Å². The number of ether oxygens (including phenoxy) is 1. The molecular formula is C16H19FN4O. The SMILES string of the molecule is Cc1cnc(C)c(OC2CCN(c3ncccc3F)CC2)n1. The zero-order valence-electron chi connectivity index (χ0n) is 12.8. The first-order valence-electron chi connectivity index (χ1n) is 7.46. The van der Waals surface area contributed by atoms with Gasteiger partial charge in [-0.2, -0.15) is 0 Å². The summed E-state index contributed by atoms with van der Waals surface area (Å²) in [5, 5.41) is 0. The van der Waals surface area contributed by atoms with Gasteiger partial charge in [-0.3, -0.25) is 4.98 Å². The monoisotopic (exact) mass is 302 g/mol. The molecule has 0 unspecified atom stereocenters. The fourth-order valence-electron chi connectivity index (χ4n) is 2.58. The van der Waals surface area contributed by atoms with Crippen LogP contribution in [0.25, 0.3) is 0 Å². The molecule has 1 aliphatic rings. The molecule has 0 bridgehead atoms. The molecule has 116 valence electrons. The normalized spacial score (nSPS) is 15.9. The van der Waals surface area contributed by atoms with Crippen LogP contribution in [0.3, 0.4) is 0 Å². The minimum atomic E-state index is -0.276. The van der Waals surface area contributed by atoms with Gasteiger partial charge in [0.15, 0.2) is 11.6 Å². The van der Waals surface area contributed by atoms with E-state index in [-0.39, 0.29) is 11.9 Å². The van der Waals surface area contributed by atoms with Gasteiger partial charge in [0.2, 0.25) is 5.88 Å². The molecule has 0 aliphatic carbocycles. The minimum absolute atomic E-state index is 0.0813. The molecule has 2 aromatic rings. The summed E-state index contributed by atoms with van der Waals surface area (Å²) in [4.78, 5) is 14.7. The third-order valence-corrected chi connectivity index (χ3v) is 3.79. The van der Waals surface area contributed by atoms with Crippen LogP contribution >= 0.6 is 0 Å². The molecule has 0 amide bonds. The highest BCUT2D eigenvalue weighted by Crippen LogP contribution is 2.23. The highest BCUT2D eigenvalue weighted by Gasteiger charge is 2.24. The average Bonchev–Trinajstić information content (AvgIpc) is 2.52. The Labute approximate surface area is 129 Å². The van der Waals surface area contributed by atoms with Gasteiger partial charge in [-0.15, -0.1) is 0 Å². The quantitative estimate of drug-likeness (QED) is 0.872. The highest BCUT2D eigenvalue weighted by atomic mass is 19.1. The Hall–Kier alpha value is -2.24. The van der Waals surface area contributed by atoms with Gasteiger partial charge >= 0.3 is 0 Å². The van der Waals surface area contributed by atoms with E-state index in [9.17, 15) is 4.39 Å². The number of halogens is 1. The van der Waals surface area contributed by atoms with Crippen LogP contribution in [-0.2, 0) is 0 Å². The lowest BCUT2D eigenvalue weighted by Crippen LogP contribution is -2.39. The smallest absolute Gasteiger partial charge is 0.235 e. The van der Waals surface area contributed by atoms with Crippen molar-refractivity contribution in [2.45, 2.75) is 32.8 Å². The van der Waals surface area contributed by atoms with Crippen molar-refractivity contribution in [3.63, 3.8) is 0 Å². The number of aromatic nitrogens is 3. The van der Waals surface area contributed by atoms with E-state index >= 15 is 0 Å². The maximum absolute atomic E-state index is 13.8. The van der Waals surface area contributed by atoms with Crippen LogP contribution in [0.4, 0.5) is 10.2 Å². The Morgan fingerprint density at radius 3 is 2.73 bits per heavy atom. The lowest BCUT2D eigenvalue weighted by Gasteiger charge is -2.32. The number of hydrogen-bond acceptors (Lipinski definition) is 5. The molecule has 1 aliphatic heterocycles. The third kappa shape index (κ3) is 3.16. The molecule has 0 aromatic carbocycles. The van der Waals surface area contributed by atoms with Crippen LogP contribution in [0.5, 0.6) is 5.88 Å². The number of rotatable bonds is 3. The van der Waals surface area contributed by atoms with Crippen molar-refractivity contribution < 1.29 is 9.13 Å². The van der Waals surface area contributed by atoms with Crippen LogP contribution in [0.2, 0.25) is 0 Å². The Balaban J connectivity index is 1.62. The summed E-state index contributed by atoms with van der Waals surface area (Å²) in [7, 11) is 0. The van der Waals surface area contributed by atoms with E-state index in [0.717, 1.165) is 37.3 Å². The number of pyridine rings is 1. The van der Waals surface area contributed by atoms with Crippen molar-refractivity contribution >= 4 is 5.82 Å². The molecule has 6 heteroatoms. The molecule has 1 saturated heterocycles. The molecule has 5 nitrogen and oxygen atoms in total. The van der Waals surface area contributed by atoms with Gasteiger partial charge in [0.05, 0.1) is 11.4 Å². The zero-order valence-corrected chi connectivity index (χ0v) is 12.8. The predicted molar refractivity (Wildman–Crippen MR) is 81.6 cm³/mol. The lowest BCUT2D eigenvalue weighted by atomic mass is 10.1. The number of aryl methyl sites for hydroxylation is 2. The van der Waals surface area contributed by atoms with Crippen molar-refractivity contribution in [3.8, 4) is 5.88 Å². The summed E-state index contributed by atoms with van der Waals surface area (Å²) in [6, 6.07) is 3.05. The van der Waals surface area contributed by atoms with Crippen LogP contribution in [0.15, 0.2) is 24.5 Å². The van der Waals surface area contributed by atoms with E-state index in [1.807, 2.05) is 18.7 Å². The second-order valence-electron chi connectivity index (χ2n) is 5.52. The lowest BCUT2D eigenvalue weighted by molar-refractivity contribution is 0.161. The van der Waals surface area contributed by atoms with E-state index in [2.05, 4.69) is 15.0 Å². The molecule has 0 atom stereocenters. The van der Waals surface area contributed by atoms with Gasteiger partial charge in [0.25, 0.3) is 0 Å². The fraction of sp³-hybridized carbons (Fsp3) is 0.438. The first kappa shape index (κ1) is 14.7. The molecular weight excluding hydrogens is 283 g/mol. The molecule has 3 heterocycles. The summed E-state index contributed by atoms with van der Waals surface area (Å²) < 4.78 is 19.7. The summed E-state index contributed by atoms with van der Waals surface area (Å²) in [6.07, 6.45) is 5.05. The molecule has 0 N–H and O–H groups in total.